The summed E-state index contributed by atoms with van der Waals surface area (Å²) in [6, 6.07) is 2.52. The Labute approximate surface area is 95.0 Å². The van der Waals surface area contributed by atoms with Gasteiger partial charge in [-0.25, -0.2) is 9.18 Å². The molecule has 0 heterocycles. The zero-order chi connectivity index (χ0) is 10.7. The Morgan fingerprint density at radius 2 is 2.29 bits per heavy atom. The van der Waals surface area contributed by atoms with Crippen LogP contribution in [0.5, 0.6) is 0 Å². The van der Waals surface area contributed by atoms with E-state index in [1.54, 1.807) is 6.92 Å². The van der Waals surface area contributed by atoms with Crippen LogP contribution in [0.25, 0.3) is 0 Å². The molecule has 1 aromatic rings. The Morgan fingerprint density at radius 1 is 1.64 bits per heavy atom. The molecule has 0 aliphatic heterocycles. The highest BCUT2D eigenvalue weighted by Crippen LogP contribution is 2.23. The molecule has 0 unspecified atom stereocenters. The minimum atomic E-state index is -0.566. The van der Waals surface area contributed by atoms with Crippen molar-refractivity contribution in [3.05, 3.63) is 28.0 Å². The Kier molecular flexibility index (Phi) is 3.95. The second-order valence-electron chi connectivity index (χ2n) is 2.50. The van der Waals surface area contributed by atoms with Crippen molar-refractivity contribution in [1.82, 2.24) is 0 Å². The van der Waals surface area contributed by atoms with Gasteiger partial charge in [0.05, 0.1) is 16.6 Å². The standard InChI is InChI=1S/C9H8BrFO2S/c1-2-13-9(12)5-3-7(11)6(10)4-8(5)14/h3-4,14H,2H2,1H3. The van der Waals surface area contributed by atoms with Crippen LogP contribution < -0.4 is 0 Å². The average molecular weight is 279 g/mol. The molecule has 0 saturated carbocycles. The first-order chi connectivity index (χ1) is 6.56. The maximum Gasteiger partial charge on any atom is 0.339 e. The smallest absolute Gasteiger partial charge is 0.339 e. The molecule has 0 saturated heterocycles. The lowest BCUT2D eigenvalue weighted by molar-refractivity contribution is 0.0521. The van der Waals surface area contributed by atoms with Crippen LogP contribution in [-0.4, -0.2) is 12.6 Å². The van der Waals surface area contributed by atoms with Crippen molar-refractivity contribution in [3.8, 4) is 0 Å². The Bertz CT molecular complexity index is 368. The third-order valence-electron chi connectivity index (χ3n) is 1.53. The molecule has 0 radical (unpaired) electrons. The average Bonchev–Trinajstić information content (AvgIpc) is 2.11. The van der Waals surface area contributed by atoms with E-state index < -0.39 is 11.8 Å². The molecule has 14 heavy (non-hydrogen) atoms. The van der Waals surface area contributed by atoms with Crippen LogP contribution in [0.4, 0.5) is 4.39 Å². The highest BCUT2D eigenvalue weighted by Gasteiger charge is 2.13. The largest absolute Gasteiger partial charge is 0.462 e. The van der Waals surface area contributed by atoms with Crippen molar-refractivity contribution in [2.24, 2.45) is 0 Å². The molecule has 1 rings (SSSR count). The number of esters is 1. The van der Waals surface area contributed by atoms with Crippen molar-refractivity contribution in [2.45, 2.75) is 11.8 Å². The van der Waals surface area contributed by atoms with Gasteiger partial charge >= 0.3 is 5.97 Å². The minimum absolute atomic E-state index is 0.135. The predicted molar refractivity (Wildman–Crippen MR) is 57.3 cm³/mol. The van der Waals surface area contributed by atoms with Gasteiger partial charge in [0, 0.05) is 4.90 Å². The normalized spacial score (nSPS) is 10.0. The summed E-state index contributed by atoms with van der Waals surface area (Å²) in [7, 11) is 0. The van der Waals surface area contributed by atoms with Crippen LogP contribution in [0.15, 0.2) is 21.5 Å². The Balaban J connectivity index is 3.09. The van der Waals surface area contributed by atoms with E-state index in [4.69, 9.17) is 4.74 Å². The second kappa shape index (κ2) is 4.79. The van der Waals surface area contributed by atoms with Crippen LogP contribution in [0.2, 0.25) is 0 Å². The Hall–Kier alpha value is -0.550. The summed E-state index contributed by atoms with van der Waals surface area (Å²) in [5.74, 6) is -1.07. The van der Waals surface area contributed by atoms with Gasteiger partial charge in [0.25, 0.3) is 0 Å². The van der Waals surface area contributed by atoms with E-state index in [1.165, 1.54) is 6.07 Å². The highest BCUT2D eigenvalue weighted by molar-refractivity contribution is 9.10. The number of benzene rings is 1. The van der Waals surface area contributed by atoms with Gasteiger partial charge in [0.15, 0.2) is 0 Å². The summed E-state index contributed by atoms with van der Waals surface area (Å²) in [6.45, 7) is 1.94. The molecule has 2 nitrogen and oxygen atoms in total. The molecule has 76 valence electrons. The van der Waals surface area contributed by atoms with Gasteiger partial charge < -0.3 is 4.74 Å². The summed E-state index contributed by atoms with van der Waals surface area (Å²) < 4.78 is 18.1. The second-order valence-corrected chi connectivity index (χ2v) is 3.84. The molecule has 0 aliphatic rings. The van der Waals surface area contributed by atoms with Crippen LogP contribution in [0.3, 0.4) is 0 Å². The third kappa shape index (κ3) is 2.48. The minimum Gasteiger partial charge on any atom is -0.462 e. The molecule has 0 bridgehead atoms. The van der Waals surface area contributed by atoms with Crippen LogP contribution >= 0.6 is 28.6 Å². The number of halogens is 2. The van der Waals surface area contributed by atoms with E-state index in [9.17, 15) is 9.18 Å². The van der Waals surface area contributed by atoms with E-state index in [-0.39, 0.29) is 16.6 Å². The molecule has 5 heteroatoms. The number of rotatable bonds is 2. The van der Waals surface area contributed by atoms with Crippen molar-refractivity contribution in [2.75, 3.05) is 6.61 Å². The molecule has 0 atom stereocenters. The molecule has 0 spiro atoms. The van der Waals surface area contributed by atoms with E-state index in [2.05, 4.69) is 28.6 Å². The fourth-order valence-electron chi connectivity index (χ4n) is 0.909. The number of hydrogen-bond donors (Lipinski definition) is 1. The highest BCUT2D eigenvalue weighted by atomic mass is 79.9. The van der Waals surface area contributed by atoms with E-state index in [0.717, 1.165) is 6.07 Å². The van der Waals surface area contributed by atoms with E-state index >= 15 is 0 Å². The molecular formula is C9H8BrFO2S. The number of carbonyl (C=O) groups excluding carboxylic acids is 1. The van der Waals surface area contributed by atoms with E-state index in [0.29, 0.717) is 4.90 Å². The van der Waals surface area contributed by atoms with Crippen molar-refractivity contribution in [3.63, 3.8) is 0 Å². The fourth-order valence-corrected chi connectivity index (χ4v) is 1.71. The summed E-state index contributed by atoms with van der Waals surface area (Å²) >= 11 is 7.04. The van der Waals surface area contributed by atoms with Gasteiger partial charge in [-0.05, 0) is 35.0 Å². The molecule has 1 aromatic carbocycles. The zero-order valence-corrected chi connectivity index (χ0v) is 9.86. The summed E-state index contributed by atoms with van der Waals surface area (Å²) in [5.41, 5.74) is 0.135. The van der Waals surface area contributed by atoms with Crippen molar-refractivity contribution < 1.29 is 13.9 Å². The predicted octanol–water partition coefficient (Wildman–Crippen LogP) is 3.05. The Morgan fingerprint density at radius 3 is 2.86 bits per heavy atom. The monoisotopic (exact) mass is 278 g/mol. The number of ether oxygens (including phenoxy) is 1. The van der Waals surface area contributed by atoms with Crippen LogP contribution in [0.1, 0.15) is 17.3 Å². The molecule has 0 N–H and O–H groups in total. The summed E-state index contributed by atoms with van der Waals surface area (Å²) in [6.07, 6.45) is 0. The molecule has 0 aromatic heterocycles. The van der Waals surface area contributed by atoms with Gasteiger partial charge in [-0.1, -0.05) is 0 Å². The summed E-state index contributed by atoms with van der Waals surface area (Å²) in [5, 5.41) is 0. The topological polar surface area (TPSA) is 26.3 Å². The van der Waals surface area contributed by atoms with Crippen molar-refractivity contribution >= 4 is 34.5 Å². The lowest BCUT2D eigenvalue weighted by atomic mass is 10.2. The lowest BCUT2D eigenvalue weighted by Gasteiger charge is -2.05. The quantitative estimate of drug-likeness (QED) is 0.665. The first-order valence-electron chi connectivity index (χ1n) is 3.91. The first kappa shape index (κ1) is 11.5. The molecular weight excluding hydrogens is 271 g/mol. The first-order valence-corrected chi connectivity index (χ1v) is 5.15. The number of carbonyl (C=O) groups is 1. The van der Waals surface area contributed by atoms with Gasteiger partial charge in [0.2, 0.25) is 0 Å². The third-order valence-corrected chi connectivity index (χ3v) is 2.51. The SMILES string of the molecule is CCOC(=O)c1cc(F)c(Br)cc1S. The number of thiol groups is 1. The summed E-state index contributed by atoms with van der Waals surface area (Å²) in [4.78, 5) is 11.7. The van der Waals surface area contributed by atoms with Gasteiger partial charge in [-0.3, -0.25) is 0 Å². The maximum absolute atomic E-state index is 13.1. The van der Waals surface area contributed by atoms with Crippen molar-refractivity contribution in [1.29, 1.82) is 0 Å². The van der Waals surface area contributed by atoms with E-state index in [1.807, 2.05) is 0 Å². The molecule has 0 fully saturated rings. The number of hydrogen-bond acceptors (Lipinski definition) is 3. The maximum atomic E-state index is 13.1. The molecule has 0 aliphatic carbocycles. The van der Waals surface area contributed by atoms with Crippen LogP contribution in [-0.2, 0) is 4.74 Å². The van der Waals surface area contributed by atoms with Gasteiger partial charge in [0.1, 0.15) is 5.82 Å². The molecule has 0 amide bonds. The lowest BCUT2D eigenvalue weighted by Crippen LogP contribution is -2.06. The van der Waals surface area contributed by atoms with Crippen LogP contribution in [0, 0.1) is 5.82 Å². The fraction of sp³-hybridized carbons (Fsp3) is 0.222. The van der Waals surface area contributed by atoms with Gasteiger partial charge in [-0.15, -0.1) is 12.6 Å². The zero-order valence-electron chi connectivity index (χ0n) is 7.38. The van der Waals surface area contributed by atoms with Gasteiger partial charge in [-0.2, -0.15) is 0 Å².